The number of nitrogens with zero attached hydrogens (tertiary/aromatic N) is 3. The van der Waals surface area contributed by atoms with E-state index in [1.807, 2.05) is 12.2 Å². The summed E-state index contributed by atoms with van der Waals surface area (Å²) in [6.07, 6.45) is 9.13. The maximum Gasteiger partial charge on any atom is 0.270 e. The van der Waals surface area contributed by atoms with Crippen LogP contribution in [0, 0.1) is 0 Å². The molecule has 0 spiro atoms. The summed E-state index contributed by atoms with van der Waals surface area (Å²) in [4.78, 5) is 20.1. The predicted molar refractivity (Wildman–Crippen MR) is 66.6 cm³/mol. The quantitative estimate of drug-likeness (QED) is 0.793. The Morgan fingerprint density at radius 3 is 3.12 bits per heavy atom. The van der Waals surface area contributed by atoms with Crippen molar-refractivity contribution in [1.29, 1.82) is 0 Å². The van der Waals surface area contributed by atoms with Gasteiger partial charge >= 0.3 is 0 Å². The maximum absolute atomic E-state index is 11.7. The van der Waals surface area contributed by atoms with Crippen LogP contribution in [0.15, 0.2) is 22.1 Å². The molecule has 0 amide bonds. The minimum absolute atomic E-state index is 0.144. The average molecular weight is 233 g/mol. The Balaban J connectivity index is 2.36. The smallest absolute Gasteiger partial charge is 0.270 e. The number of allylic oxidation sites excluding steroid dienone is 1. The van der Waals surface area contributed by atoms with E-state index in [0.717, 1.165) is 18.5 Å². The van der Waals surface area contributed by atoms with Crippen molar-refractivity contribution in [3.63, 3.8) is 0 Å². The molecule has 1 aliphatic heterocycles. The van der Waals surface area contributed by atoms with E-state index < -0.39 is 0 Å². The molecule has 1 aromatic rings. The first-order valence-electron chi connectivity index (χ1n) is 5.72. The highest BCUT2D eigenvalue weighted by atomic mass is 16.2. The number of aromatic nitrogens is 2. The topological polar surface area (TPSA) is 67.5 Å². The van der Waals surface area contributed by atoms with Gasteiger partial charge in [-0.05, 0) is 18.9 Å². The Hall–Kier alpha value is -1.75. The third-order valence-electron chi connectivity index (χ3n) is 2.59. The lowest BCUT2D eigenvalue weighted by molar-refractivity contribution is 0.281. The van der Waals surface area contributed by atoms with Crippen LogP contribution in [0.25, 0.3) is 6.08 Å². The van der Waals surface area contributed by atoms with Crippen LogP contribution in [-0.2, 0) is 6.54 Å². The van der Waals surface area contributed by atoms with Crippen molar-refractivity contribution in [2.75, 3.05) is 6.61 Å². The molecular formula is C12H15N3O2. The Kier molecular flexibility index (Phi) is 3.82. The summed E-state index contributed by atoms with van der Waals surface area (Å²) >= 11 is 0. The molecule has 1 aliphatic rings. The second-order valence-electron chi connectivity index (χ2n) is 3.84. The average Bonchev–Trinajstić information content (AvgIpc) is 2.57. The van der Waals surface area contributed by atoms with Crippen molar-refractivity contribution in [3.8, 4) is 0 Å². The van der Waals surface area contributed by atoms with E-state index in [0.29, 0.717) is 18.8 Å². The SMILES string of the molecule is O=c1cnc2c(n1CCCCO)N=CCC=C2. The van der Waals surface area contributed by atoms with Crippen LogP contribution in [0.1, 0.15) is 25.0 Å². The largest absolute Gasteiger partial charge is 0.396 e. The lowest BCUT2D eigenvalue weighted by Crippen LogP contribution is -2.21. The second-order valence-corrected chi connectivity index (χ2v) is 3.84. The van der Waals surface area contributed by atoms with Gasteiger partial charge < -0.3 is 5.11 Å². The van der Waals surface area contributed by atoms with Gasteiger partial charge in [0, 0.05) is 25.8 Å². The van der Waals surface area contributed by atoms with Gasteiger partial charge in [-0.3, -0.25) is 9.36 Å². The van der Waals surface area contributed by atoms with Crippen molar-refractivity contribution in [2.45, 2.75) is 25.8 Å². The first-order chi connectivity index (χ1) is 8.33. The summed E-state index contributed by atoms with van der Waals surface area (Å²) in [6, 6.07) is 0. The Bertz CT molecular complexity index is 503. The number of hydrogen-bond acceptors (Lipinski definition) is 4. The minimum atomic E-state index is -0.144. The van der Waals surface area contributed by atoms with Gasteiger partial charge in [0.2, 0.25) is 0 Å². The summed E-state index contributed by atoms with van der Waals surface area (Å²) < 4.78 is 1.62. The van der Waals surface area contributed by atoms with E-state index in [9.17, 15) is 4.79 Å². The van der Waals surface area contributed by atoms with Gasteiger partial charge in [0.1, 0.15) is 5.69 Å². The molecule has 0 aromatic carbocycles. The maximum atomic E-state index is 11.7. The highest BCUT2D eigenvalue weighted by Gasteiger charge is 2.09. The summed E-state index contributed by atoms with van der Waals surface area (Å²) in [5.41, 5.74) is 0.580. The molecule has 0 saturated carbocycles. The van der Waals surface area contributed by atoms with Crippen LogP contribution in [0.2, 0.25) is 0 Å². The molecule has 0 fully saturated rings. The first kappa shape index (κ1) is 11.7. The lowest BCUT2D eigenvalue weighted by Gasteiger charge is -2.10. The fourth-order valence-electron chi connectivity index (χ4n) is 1.73. The Morgan fingerprint density at radius 2 is 2.29 bits per heavy atom. The van der Waals surface area contributed by atoms with E-state index in [-0.39, 0.29) is 12.2 Å². The Morgan fingerprint density at radius 1 is 1.41 bits per heavy atom. The molecule has 2 heterocycles. The highest BCUT2D eigenvalue weighted by molar-refractivity contribution is 5.72. The van der Waals surface area contributed by atoms with Crippen molar-refractivity contribution in [3.05, 3.63) is 28.3 Å². The highest BCUT2D eigenvalue weighted by Crippen LogP contribution is 2.19. The normalized spacial score (nSPS) is 13.5. The first-order valence-corrected chi connectivity index (χ1v) is 5.72. The fraction of sp³-hybridized carbons (Fsp3) is 0.417. The number of unbranched alkanes of at least 4 members (excludes halogenated alkanes) is 1. The summed E-state index contributed by atoms with van der Waals surface area (Å²) in [5.74, 6) is 0.615. The van der Waals surface area contributed by atoms with Crippen LogP contribution in [0.5, 0.6) is 0 Å². The molecule has 1 aromatic heterocycles. The molecule has 0 bridgehead atoms. The van der Waals surface area contributed by atoms with Crippen LogP contribution in [0.3, 0.4) is 0 Å². The molecule has 0 unspecified atom stereocenters. The molecule has 0 radical (unpaired) electrons. The van der Waals surface area contributed by atoms with E-state index in [1.54, 1.807) is 10.8 Å². The van der Waals surface area contributed by atoms with Crippen molar-refractivity contribution >= 4 is 18.1 Å². The van der Waals surface area contributed by atoms with Crippen molar-refractivity contribution in [2.24, 2.45) is 4.99 Å². The molecule has 5 heteroatoms. The van der Waals surface area contributed by atoms with Crippen molar-refractivity contribution in [1.82, 2.24) is 9.55 Å². The van der Waals surface area contributed by atoms with Crippen LogP contribution in [0.4, 0.5) is 5.82 Å². The van der Waals surface area contributed by atoms with E-state index in [1.165, 1.54) is 6.20 Å². The molecule has 17 heavy (non-hydrogen) atoms. The fourth-order valence-corrected chi connectivity index (χ4v) is 1.73. The molecule has 5 nitrogen and oxygen atoms in total. The molecule has 0 atom stereocenters. The zero-order valence-corrected chi connectivity index (χ0v) is 9.54. The third kappa shape index (κ3) is 2.68. The van der Waals surface area contributed by atoms with Gasteiger partial charge in [0.25, 0.3) is 5.56 Å². The number of rotatable bonds is 4. The second kappa shape index (κ2) is 5.54. The predicted octanol–water partition coefficient (Wildman–Crippen LogP) is 1.14. The number of aliphatic hydroxyl groups is 1. The van der Waals surface area contributed by atoms with E-state index in [2.05, 4.69) is 9.98 Å². The molecule has 1 N–H and O–H groups in total. The minimum Gasteiger partial charge on any atom is -0.396 e. The van der Waals surface area contributed by atoms with Gasteiger partial charge in [0.05, 0.1) is 6.20 Å². The molecule has 0 saturated heterocycles. The standard InChI is InChI=1S/C12H15N3O2/c16-8-4-3-7-15-11(17)9-14-10-5-1-2-6-13-12(10)15/h1,5-6,9,16H,2-4,7-8H2. The van der Waals surface area contributed by atoms with Gasteiger partial charge in [-0.2, -0.15) is 0 Å². The van der Waals surface area contributed by atoms with Gasteiger partial charge in [-0.15, -0.1) is 0 Å². The molecule has 0 aliphatic carbocycles. The molecule has 90 valence electrons. The van der Waals surface area contributed by atoms with E-state index in [4.69, 9.17) is 5.11 Å². The third-order valence-corrected chi connectivity index (χ3v) is 2.59. The van der Waals surface area contributed by atoms with Gasteiger partial charge in [-0.25, -0.2) is 9.98 Å². The number of hydrogen-bond donors (Lipinski definition) is 1. The molecular weight excluding hydrogens is 218 g/mol. The summed E-state index contributed by atoms with van der Waals surface area (Å²) in [7, 11) is 0. The summed E-state index contributed by atoms with van der Waals surface area (Å²) in [5, 5.41) is 8.76. The van der Waals surface area contributed by atoms with Crippen LogP contribution >= 0.6 is 0 Å². The number of aliphatic hydroxyl groups excluding tert-OH is 1. The molecule has 2 rings (SSSR count). The number of fused-ring (bicyclic) bond motifs is 1. The van der Waals surface area contributed by atoms with Gasteiger partial charge in [0.15, 0.2) is 5.82 Å². The van der Waals surface area contributed by atoms with Crippen LogP contribution in [-0.4, -0.2) is 27.5 Å². The van der Waals surface area contributed by atoms with Gasteiger partial charge in [-0.1, -0.05) is 6.08 Å². The van der Waals surface area contributed by atoms with Crippen molar-refractivity contribution < 1.29 is 5.11 Å². The van der Waals surface area contributed by atoms with Crippen LogP contribution < -0.4 is 5.56 Å². The monoisotopic (exact) mass is 233 g/mol. The Labute approximate surface area is 99.2 Å². The zero-order chi connectivity index (χ0) is 12.1. The lowest BCUT2D eigenvalue weighted by atomic mass is 10.3. The summed E-state index contributed by atoms with van der Waals surface area (Å²) in [6.45, 7) is 0.709. The zero-order valence-electron chi connectivity index (χ0n) is 9.54. The number of aliphatic imine (C=N–C) groups is 1. The van der Waals surface area contributed by atoms with E-state index >= 15 is 0 Å².